The van der Waals surface area contributed by atoms with Crippen LogP contribution in [0.15, 0.2) is 48.8 Å². The van der Waals surface area contributed by atoms with Gasteiger partial charge in [0, 0.05) is 36.7 Å². The van der Waals surface area contributed by atoms with Gasteiger partial charge in [0.05, 0.1) is 13.2 Å². The average Bonchev–Trinajstić information content (AvgIpc) is 2.62. The van der Waals surface area contributed by atoms with Crippen molar-refractivity contribution in [2.45, 2.75) is 6.54 Å². The minimum atomic E-state index is 0.0723. The summed E-state index contributed by atoms with van der Waals surface area (Å²) in [4.78, 5) is 1.96. The molecule has 0 spiro atoms. The van der Waals surface area contributed by atoms with Crippen LogP contribution in [0.4, 0.5) is 5.69 Å². The Kier molecular flexibility index (Phi) is 7.82. The van der Waals surface area contributed by atoms with Crippen LogP contribution < -0.4 is 9.47 Å². The van der Waals surface area contributed by atoms with E-state index in [4.69, 9.17) is 10.2 Å². The molecular formula is C19H25N2O2S+. The molecule has 0 aliphatic heterocycles. The molecular weight excluding hydrogens is 320 g/mol. The lowest BCUT2D eigenvalue weighted by Gasteiger charge is -2.22. The van der Waals surface area contributed by atoms with E-state index >= 15 is 0 Å². The first-order valence-electron chi connectivity index (χ1n) is 8.11. The number of benzene rings is 1. The molecule has 0 atom stereocenters. The molecule has 0 saturated carbocycles. The van der Waals surface area contributed by atoms with Crippen molar-refractivity contribution in [3.63, 3.8) is 0 Å². The molecule has 0 saturated heterocycles. The van der Waals surface area contributed by atoms with Crippen LogP contribution in [0, 0.1) is 0 Å². The van der Waals surface area contributed by atoms with Gasteiger partial charge in [-0.2, -0.15) is 12.6 Å². The number of rotatable bonds is 9. The summed E-state index contributed by atoms with van der Waals surface area (Å²) in [6, 6.07) is 12.3. The van der Waals surface area contributed by atoms with E-state index in [1.54, 1.807) is 0 Å². The first kappa shape index (κ1) is 18.5. The minimum Gasteiger partial charge on any atom is -0.395 e. The SMILES string of the molecule is OCCN(CCO)c1ccc(C=Cc2cc[n+](CCS)cc2)cc1. The van der Waals surface area contributed by atoms with Gasteiger partial charge in [0.1, 0.15) is 0 Å². The number of pyridine rings is 1. The Morgan fingerprint density at radius 1 is 0.875 bits per heavy atom. The zero-order chi connectivity index (χ0) is 17.2. The maximum atomic E-state index is 9.10. The normalized spacial score (nSPS) is 11.1. The lowest BCUT2D eigenvalue weighted by Crippen LogP contribution is -2.33. The van der Waals surface area contributed by atoms with Gasteiger partial charge < -0.3 is 15.1 Å². The Morgan fingerprint density at radius 2 is 1.42 bits per heavy atom. The smallest absolute Gasteiger partial charge is 0.169 e. The number of aromatic nitrogens is 1. The monoisotopic (exact) mass is 345 g/mol. The number of hydrogen-bond acceptors (Lipinski definition) is 4. The van der Waals surface area contributed by atoms with E-state index < -0.39 is 0 Å². The van der Waals surface area contributed by atoms with Gasteiger partial charge in [0.2, 0.25) is 0 Å². The van der Waals surface area contributed by atoms with Gasteiger partial charge in [0.15, 0.2) is 18.9 Å². The number of anilines is 1. The first-order chi connectivity index (χ1) is 11.8. The Labute approximate surface area is 149 Å². The lowest BCUT2D eigenvalue weighted by atomic mass is 10.1. The van der Waals surface area contributed by atoms with E-state index in [-0.39, 0.29) is 13.2 Å². The summed E-state index contributed by atoms with van der Waals surface area (Å²) in [5.41, 5.74) is 3.26. The summed E-state index contributed by atoms with van der Waals surface area (Å²) >= 11 is 4.23. The molecule has 2 aromatic rings. The van der Waals surface area contributed by atoms with E-state index in [2.05, 4.69) is 53.9 Å². The molecule has 2 N–H and O–H groups in total. The fourth-order valence-electron chi connectivity index (χ4n) is 2.44. The van der Waals surface area contributed by atoms with Crippen molar-refractivity contribution in [2.24, 2.45) is 0 Å². The summed E-state index contributed by atoms with van der Waals surface area (Å²) < 4.78 is 2.11. The van der Waals surface area contributed by atoms with Crippen LogP contribution in [-0.4, -0.2) is 42.3 Å². The molecule has 1 heterocycles. The van der Waals surface area contributed by atoms with Crippen LogP contribution in [0.3, 0.4) is 0 Å². The molecule has 0 radical (unpaired) electrons. The van der Waals surface area contributed by atoms with Crippen molar-refractivity contribution >= 4 is 30.5 Å². The topological polar surface area (TPSA) is 47.6 Å². The zero-order valence-electron chi connectivity index (χ0n) is 13.8. The molecule has 0 unspecified atom stereocenters. The van der Waals surface area contributed by atoms with Crippen LogP contribution in [0.2, 0.25) is 0 Å². The van der Waals surface area contributed by atoms with Gasteiger partial charge in [-0.1, -0.05) is 24.3 Å². The van der Waals surface area contributed by atoms with Gasteiger partial charge in [-0.3, -0.25) is 0 Å². The Balaban J connectivity index is 2.02. The molecule has 128 valence electrons. The third kappa shape index (κ3) is 5.67. The van der Waals surface area contributed by atoms with Crippen molar-refractivity contribution in [3.8, 4) is 0 Å². The highest BCUT2D eigenvalue weighted by Gasteiger charge is 2.04. The van der Waals surface area contributed by atoms with Crippen LogP contribution in [0.5, 0.6) is 0 Å². The third-order valence-corrected chi connectivity index (χ3v) is 3.94. The van der Waals surface area contributed by atoms with E-state index in [1.807, 2.05) is 29.2 Å². The number of aliphatic hydroxyl groups is 2. The summed E-state index contributed by atoms with van der Waals surface area (Å²) in [5, 5.41) is 18.2. The predicted molar refractivity (Wildman–Crippen MR) is 102 cm³/mol. The van der Waals surface area contributed by atoms with Crippen molar-refractivity contribution in [1.29, 1.82) is 0 Å². The largest absolute Gasteiger partial charge is 0.395 e. The number of hydrogen-bond donors (Lipinski definition) is 3. The Hall–Kier alpha value is -1.82. The van der Waals surface area contributed by atoms with Gasteiger partial charge in [0.25, 0.3) is 0 Å². The van der Waals surface area contributed by atoms with Crippen molar-refractivity contribution in [1.82, 2.24) is 0 Å². The van der Waals surface area contributed by atoms with Crippen molar-refractivity contribution in [2.75, 3.05) is 37.0 Å². The average molecular weight is 345 g/mol. The second kappa shape index (κ2) is 10.1. The lowest BCUT2D eigenvalue weighted by molar-refractivity contribution is -0.692. The standard InChI is InChI=1S/C19H24N2O2S/c22-14-11-21(12-15-23)19-5-3-17(4-6-19)1-2-18-7-9-20(10-8-18)13-16-24/h1-10,22-23H,11-16H2/p+1. The number of thiol groups is 1. The minimum absolute atomic E-state index is 0.0723. The first-order valence-corrected chi connectivity index (χ1v) is 8.75. The van der Waals surface area contributed by atoms with E-state index in [1.165, 1.54) is 0 Å². The number of nitrogens with zero attached hydrogens (tertiary/aromatic N) is 2. The van der Waals surface area contributed by atoms with Crippen LogP contribution >= 0.6 is 12.6 Å². The molecule has 0 aliphatic rings. The molecule has 1 aromatic heterocycles. The summed E-state index contributed by atoms with van der Waals surface area (Å²) in [7, 11) is 0. The molecule has 0 aliphatic carbocycles. The van der Waals surface area contributed by atoms with Crippen molar-refractivity contribution < 1.29 is 14.8 Å². The Bertz CT molecular complexity index is 621. The van der Waals surface area contributed by atoms with Crippen LogP contribution in [0.25, 0.3) is 12.2 Å². The van der Waals surface area contributed by atoms with E-state index in [0.717, 1.165) is 29.1 Å². The number of aryl methyl sites for hydroxylation is 1. The number of aliphatic hydroxyl groups excluding tert-OH is 2. The highest BCUT2D eigenvalue weighted by molar-refractivity contribution is 7.80. The molecule has 2 rings (SSSR count). The third-order valence-electron chi connectivity index (χ3n) is 3.74. The van der Waals surface area contributed by atoms with Crippen LogP contribution in [0.1, 0.15) is 11.1 Å². The molecule has 0 fully saturated rings. The summed E-state index contributed by atoms with van der Waals surface area (Å²) in [6.07, 6.45) is 8.27. The fourth-order valence-corrected chi connectivity index (χ4v) is 2.68. The quantitative estimate of drug-likeness (QED) is 0.480. The van der Waals surface area contributed by atoms with Crippen LogP contribution in [-0.2, 0) is 6.54 Å². The second-order valence-electron chi connectivity index (χ2n) is 5.45. The van der Waals surface area contributed by atoms with Gasteiger partial charge in [-0.05, 0) is 23.3 Å². The molecule has 4 nitrogen and oxygen atoms in total. The van der Waals surface area contributed by atoms with Crippen molar-refractivity contribution in [3.05, 3.63) is 59.9 Å². The van der Waals surface area contributed by atoms with Gasteiger partial charge in [-0.25, -0.2) is 4.57 Å². The van der Waals surface area contributed by atoms with Gasteiger partial charge >= 0.3 is 0 Å². The second-order valence-corrected chi connectivity index (χ2v) is 5.90. The predicted octanol–water partition coefficient (Wildman–Crippen LogP) is 1.87. The summed E-state index contributed by atoms with van der Waals surface area (Å²) in [6.45, 7) is 2.09. The fraction of sp³-hybridized carbons (Fsp3) is 0.316. The molecule has 24 heavy (non-hydrogen) atoms. The van der Waals surface area contributed by atoms with E-state index in [9.17, 15) is 0 Å². The molecule has 0 bridgehead atoms. The zero-order valence-corrected chi connectivity index (χ0v) is 14.6. The maximum absolute atomic E-state index is 9.10. The maximum Gasteiger partial charge on any atom is 0.169 e. The summed E-state index contributed by atoms with van der Waals surface area (Å²) in [5.74, 6) is 0.829. The highest BCUT2D eigenvalue weighted by atomic mass is 32.1. The Morgan fingerprint density at radius 3 is 1.92 bits per heavy atom. The molecule has 0 amide bonds. The molecule has 1 aromatic carbocycles. The highest BCUT2D eigenvalue weighted by Crippen LogP contribution is 2.16. The van der Waals surface area contributed by atoms with E-state index in [0.29, 0.717) is 13.1 Å². The molecule has 5 heteroatoms. The van der Waals surface area contributed by atoms with Gasteiger partial charge in [-0.15, -0.1) is 0 Å².